The molecule has 0 aliphatic rings. The average Bonchev–Trinajstić information content (AvgIpc) is 2.88. The van der Waals surface area contributed by atoms with Gasteiger partial charge in [0.2, 0.25) is 0 Å². The van der Waals surface area contributed by atoms with Gasteiger partial charge in [0.05, 0.1) is 6.26 Å². The normalized spacial score (nSPS) is 12.6. The van der Waals surface area contributed by atoms with Crippen molar-refractivity contribution < 1.29 is 9.52 Å². The molecule has 1 heterocycles. The number of aliphatic hydroxyl groups is 1. The van der Waals surface area contributed by atoms with E-state index < -0.39 is 6.10 Å². The van der Waals surface area contributed by atoms with Gasteiger partial charge in [0.25, 0.3) is 0 Å². The first-order valence-corrected chi connectivity index (χ1v) is 6.23. The van der Waals surface area contributed by atoms with Crippen molar-refractivity contribution in [2.24, 2.45) is 0 Å². The third-order valence-electron chi connectivity index (χ3n) is 2.88. The van der Waals surface area contributed by atoms with E-state index in [1.165, 1.54) is 11.1 Å². The Hall–Kier alpha value is -1.58. The van der Waals surface area contributed by atoms with E-state index in [-0.39, 0.29) is 0 Å². The molecule has 1 aromatic heterocycles. The maximum Gasteiger partial charge on any atom is 0.133 e. The van der Waals surface area contributed by atoms with Crippen molar-refractivity contribution in [1.82, 2.24) is 5.32 Å². The second-order valence-corrected chi connectivity index (χ2v) is 4.47. The van der Waals surface area contributed by atoms with Gasteiger partial charge in [-0.25, -0.2) is 0 Å². The smallest absolute Gasteiger partial charge is 0.133 e. The zero-order chi connectivity index (χ0) is 12.8. The number of aliphatic hydroxyl groups excluding tert-OH is 1. The number of hydrogen-bond acceptors (Lipinski definition) is 3. The minimum atomic E-state index is -0.572. The molecule has 2 N–H and O–H groups in total. The van der Waals surface area contributed by atoms with Crippen LogP contribution in [0.3, 0.4) is 0 Å². The minimum absolute atomic E-state index is 0.513. The van der Waals surface area contributed by atoms with Gasteiger partial charge < -0.3 is 14.8 Å². The summed E-state index contributed by atoms with van der Waals surface area (Å²) in [5.74, 6) is 0.609. The van der Waals surface area contributed by atoms with Crippen LogP contribution in [0.5, 0.6) is 0 Å². The van der Waals surface area contributed by atoms with Crippen LogP contribution in [0.1, 0.15) is 23.0 Å². The summed E-state index contributed by atoms with van der Waals surface area (Å²) in [6, 6.07) is 12.0. The Bertz CT molecular complexity index is 465. The molecule has 0 bridgehead atoms. The molecule has 0 fully saturated rings. The first-order chi connectivity index (χ1) is 8.75. The Morgan fingerprint density at radius 2 is 2.17 bits per heavy atom. The van der Waals surface area contributed by atoms with E-state index in [4.69, 9.17) is 4.42 Å². The molecule has 0 radical (unpaired) electrons. The lowest BCUT2D eigenvalue weighted by Gasteiger charge is -2.09. The van der Waals surface area contributed by atoms with Gasteiger partial charge in [-0.15, -0.1) is 0 Å². The van der Waals surface area contributed by atoms with Crippen molar-refractivity contribution in [1.29, 1.82) is 0 Å². The van der Waals surface area contributed by atoms with Gasteiger partial charge in [-0.1, -0.05) is 29.8 Å². The molecule has 3 heteroatoms. The van der Waals surface area contributed by atoms with Crippen LogP contribution in [0.2, 0.25) is 0 Å². The molecule has 0 aliphatic heterocycles. The van der Waals surface area contributed by atoms with Crippen LogP contribution in [-0.2, 0) is 6.42 Å². The molecular weight excluding hydrogens is 226 g/mol. The lowest BCUT2D eigenvalue weighted by Crippen LogP contribution is -2.23. The van der Waals surface area contributed by atoms with Gasteiger partial charge in [-0.3, -0.25) is 0 Å². The van der Waals surface area contributed by atoms with Gasteiger partial charge >= 0.3 is 0 Å². The SMILES string of the molecule is Cc1cccc(CCNCC(O)c2ccco2)c1. The van der Waals surface area contributed by atoms with E-state index in [2.05, 4.69) is 36.5 Å². The van der Waals surface area contributed by atoms with Crippen LogP contribution in [0.4, 0.5) is 0 Å². The van der Waals surface area contributed by atoms with E-state index in [1.54, 1.807) is 18.4 Å². The molecule has 0 saturated carbocycles. The second-order valence-electron chi connectivity index (χ2n) is 4.47. The number of rotatable bonds is 6. The first-order valence-electron chi connectivity index (χ1n) is 6.23. The first kappa shape index (κ1) is 12.9. The Morgan fingerprint density at radius 1 is 1.28 bits per heavy atom. The summed E-state index contributed by atoms with van der Waals surface area (Å²) in [6.45, 7) is 3.46. The van der Waals surface area contributed by atoms with Gasteiger partial charge in [0.15, 0.2) is 0 Å². The molecule has 3 nitrogen and oxygen atoms in total. The summed E-state index contributed by atoms with van der Waals surface area (Å²) < 4.78 is 5.14. The maximum absolute atomic E-state index is 9.79. The van der Waals surface area contributed by atoms with E-state index in [0.717, 1.165) is 13.0 Å². The Morgan fingerprint density at radius 3 is 2.89 bits per heavy atom. The highest BCUT2D eigenvalue weighted by molar-refractivity contribution is 5.22. The Balaban J connectivity index is 1.70. The highest BCUT2D eigenvalue weighted by Gasteiger charge is 2.08. The van der Waals surface area contributed by atoms with Crippen LogP contribution < -0.4 is 5.32 Å². The number of hydrogen-bond donors (Lipinski definition) is 2. The zero-order valence-corrected chi connectivity index (χ0v) is 10.6. The van der Waals surface area contributed by atoms with Gasteiger partial charge in [0, 0.05) is 6.54 Å². The highest BCUT2D eigenvalue weighted by atomic mass is 16.4. The number of aryl methyl sites for hydroxylation is 1. The zero-order valence-electron chi connectivity index (χ0n) is 10.6. The maximum atomic E-state index is 9.79. The largest absolute Gasteiger partial charge is 0.467 e. The summed E-state index contributed by atoms with van der Waals surface area (Å²) in [5.41, 5.74) is 2.60. The van der Waals surface area contributed by atoms with E-state index in [9.17, 15) is 5.11 Å². The van der Waals surface area contributed by atoms with Crippen molar-refractivity contribution in [2.75, 3.05) is 13.1 Å². The molecule has 0 saturated heterocycles. The third-order valence-corrected chi connectivity index (χ3v) is 2.88. The Labute approximate surface area is 107 Å². The fraction of sp³-hybridized carbons (Fsp3) is 0.333. The molecular formula is C15H19NO2. The van der Waals surface area contributed by atoms with Crippen molar-refractivity contribution in [3.63, 3.8) is 0 Å². The molecule has 2 rings (SSSR count). The van der Waals surface area contributed by atoms with Crippen LogP contribution in [-0.4, -0.2) is 18.2 Å². The Kier molecular flexibility index (Phi) is 4.56. The van der Waals surface area contributed by atoms with E-state index >= 15 is 0 Å². The number of furan rings is 1. The monoisotopic (exact) mass is 245 g/mol. The van der Waals surface area contributed by atoms with E-state index in [0.29, 0.717) is 12.3 Å². The summed E-state index contributed by atoms with van der Waals surface area (Å²) >= 11 is 0. The minimum Gasteiger partial charge on any atom is -0.467 e. The standard InChI is InChI=1S/C15H19NO2/c1-12-4-2-5-13(10-12)7-8-16-11-14(17)15-6-3-9-18-15/h2-6,9-10,14,16-17H,7-8,11H2,1H3. The van der Waals surface area contributed by atoms with Crippen molar-refractivity contribution in [3.05, 3.63) is 59.5 Å². The lowest BCUT2D eigenvalue weighted by molar-refractivity contribution is 0.148. The van der Waals surface area contributed by atoms with Gasteiger partial charge in [-0.05, 0) is 37.6 Å². The predicted octanol–water partition coefficient (Wildman–Crippen LogP) is 2.45. The van der Waals surface area contributed by atoms with Gasteiger partial charge in [0.1, 0.15) is 11.9 Å². The van der Waals surface area contributed by atoms with Crippen molar-refractivity contribution >= 4 is 0 Å². The van der Waals surface area contributed by atoms with E-state index in [1.807, 2.05) is 0 Å². The average molecular weight is 245 g/mol. The van der Waals surface area contributed by atoms with Crippen molar-refractivity contribution in [2.45, 2.75) is 19.4 Å². The molecule has 0 aliphatic carbocycles. The predicted molar refractivity (Wildman–Crippen MR) is 71.4 cm³/mol. The fourth-order valence-electron chi connectivity index (χ4n) is 1.92. The molecule has 1 unspecified atom stereocenters. The fourth-order valence-corrected chi connectivity index (χ4v) is 1.92. The van der Waals surface area contributed by atoms with Crippen LogP contribution >= 0.6 is 0 Å². The topological polar surface area (TPSA) is 45.4 Å². The molecule has 0 amide bonds. The lowest BCUT2D eigenvalue weighted by atomic mass is 10.1. The molecule has 18 heavy (non-hydrogen) atoms. The molecule has 2 aromatic rings. The third kappa shape index (κ3) is 3.72. The summed E-state index contributed by atoms with van der Waals surface area (Å²) in [5, 5.41) is 13.0. The van der Waals surface area contributed by atoms with Crippen molar-refractivity contribution in [3.8, 4) is 0 Å². The number of benzene rings is 1. The molecule has 1 aromatic carbocycles. The van der Waals surface area contributed by atoms with Gasteiger partial charge in [-0.2, -0.15) is 0 Å². The second kappa shape index (κ2) is 6.38. The van der Waals surface area contributed by atoms with Crippen LogP contribution in [0.25, 0.3) is 0 Å². The highest BCUT2D eigenvalue weighted by Crippen LogP contribution is 2.11. The summed E-state index contributed by atoms with van der Waals surface area (Å²) in [7, 11) is 0. The van der Waals surface area contributed by atoms with Crippen LogP contribution in [0.15, 0.2) is 47.1 Å². The molecule has 1 atom stereocenters. The quantitative estimate of drug-likeness (QED) is 0.768. The summed E-state index contributed by atoms with van der Waals surface area (Å²) in [6.07, 6.45) is 1.97. The van der Waals surface area contributed by atoms with Crippen LogP contribution in [0, 0.1) is 6.92 Å². The molecule has 0 spiro atoms. The summed E-state index contributed by atoms with van der Waals surface area (Å²) in [4.78, 5) is 0. The number of nitrogens with one attached hydrogen (secondary N) is 1. The molecule has 96 valence electrons.